The highest BCUT2D eigenvalue weighted by atomic mass is 19.3. The van der Waals surface area contributed by atoms with Crippen molar-refractivity contribution < 1.29 is 23.5 Å². The number of halogens is 2. The number of rotatable bonds is 7. The molecular formula is C36H36F2N6O3. The highest BCUT2D eigenvalue weighted by molar-refractivity contribution is 6.01. The Kier molecular flexibility index (Phi) is 7.37. The Labute approximate surface area is 270 Å². The van der Waals surface area contributed by atoms with Crippen LogP contribution in [0.2, 0.25) is 0 Å². The number of anilines is 1. The highest BCUT2D eigenvalue weighted by Crippen LogP contribution is 2.47. The molecule has 7 rings (SSSR count). The Bertz CT molecular complexity index is 2080. The van der Waals surface area contributed by atoms with Gasteiger partial charge in [-0.25, -0.2) is 23.5 Å². The summed E-state index contributed by atoms with van der Waals surface area (Å²) in [5.41, 5.74) is 11.5. The second-order valence-electron chi connectivity index (χ2n) is 12.9. The number of benzene rings is 2. The SMILES string of the molecule is Cn1c(C2(NC(=O)c3ccc4c(C5CCC(F)(F)CC5)c(-c5cccc(N)n5)n(C)c4c3)CCC2)nc2ccc(C=CC(=O)O)cc21. The molecule has 4 N–H and O–H groups in total. The Morgan fingerprint density at radius 3 is 2.43 bits per heavy atom. The quantitative estimate of drug-likeness (QED) is 0.166. The maximum absolute atomic E-state index is 14.2. The van der Waals surface area contributed by atoms with Crippen molar-refractivity contribution in [2.45, 2.75) is 62.3 Å². The zero-order chi connectivity index (χ0) is 33.1. The molecule has 47 heavy (non-hydrogen) atoms. The first-order valence-corrected chi connectivity index (χ1v) is 15.9. The van der Waals surface area contributed by atoms with Crippen molar-refractivity contribution in [1.82, 2.24) is 24.4 Å². The summed E-state index contributed by atoms with van der Waals surface area (Å²) in [5, 5.41) is 13.2. The predicted molar refractivity (Wildman–Crippen MR) is 177 cm³/mol. The molecule has 3 aromatic heterocycles. The van der Waals surface area contributed by atoms with Crippen molar-refractivity contribution in [3.05, 3.63) is 83.2 Å². The van der Waals surface area contributed by atoms with Gasteiger partial charge in [0.15, 0.2) is 0 Å². The Balaban J connectivity index is 1.25. The monoisotopic (exact) mass is 638 g/mol. The Morgan fingerprint density at radius 1 is 0.979 bits per heavy atom. The smallest absolute Gasteiger partial charge is 0.328 e. The van der Waals surface area contributed by atoms with Crippen LogP contribution in [0.15, 0.2) is 60.7 Å². The van der Waals surface area contributed by atoms with E-state index in [1.165, 1.54) is 6.08 Å². The van der Waals surface area contributed by atoms with E-state index in [4.69, 9.17) is 15.8 Å². The molecule has 2 aliphatic carbocycles. The molecule has 0 saturated heterocycles. The molecule has 2 saturated carbocycles. The zero-order valence-electron chi connectivity index (χ0n) is 26.3. The van der Waals surface area contributed by atoms with Crippen LogP contribution in [0.5, 0.6) is 0 Å². The fourth-order valence-corrected chi connectivity index (χ4v) is 7.37. The van der Waals surface area contributed by atoms with Gasteiger partial charge in [0, 0.05) is 49.5 Å². The number of pyridine rings is 1. The van der Waals surface area contributed by atoms with E-state index in [0.29, 0.717) is 29.9 Å². The molecule has 0 radical (unpaired) electrons. The van der Waals surface area contributed by atoms with Crippen molar-refractivity contribution in [2.24, 2.45) is 14.1 Å². The van der Waals surface area contributed by atoms with Crippen LogP contribution in [-0.4, -0.2) is 42.0 Å². The molecule has 9 nitrogen and oxygen atoms in total. The summed E-state index contributed by atoms with van der Waals surface area (Å²) < 4.78 is 32.3. The van der Waals surface area contributed by atoms with E-state index < -0.39 is 17.4 Å². The molecule has 0 bridgehead atoms. The third-order valence-corrected chi connectivity index (χ3v) is 9.95. The number of aliphatic carboxylic acids is 1. The first kappa shape index (κ1) is 30.6. The number of hydrogen-bond acceptors (Lipinski definition) is 5. The van der Waals surface area contributed by atoms with E-state index >= 15 is 0 Å². The number of nitrogen functional groups attached to an aromatic ring is 1. The number of carboxylic acid groups (broad SMARTS) is 1. The fraction of sp³-hybridized carbons (Fsp3) is 0.333. The topological polar surface area (TPSA) is 128 Å². The van der Waals surface area contributed by atoms with Crippen LogP contribution >= 0.6 is 0 Å². The molecule has 3 heterocycles. The minimum absolute atomic E-state index is 0.0767. The molecule has 2 fully saturated rings. The number of nitrogens with one attached hydrogen (secondary N) is 1. The molecule has 0 atom stereocenters. The normalized spacial score (nSPS) is 17.7. The number of alkyl halides is 2. The van der Waals surface area contributed by atoms with E-state index in [-0.39, 0.29) is 24.7 Å². The number of nitrogens with two attached hydrogens (primary N) is 1. The van der Waals surface area contributed by atoms with Gasteiger partial charge in [-0.3, -0.25) is 4.79 Å². The van der Waals surface area contributed by atoms with Crippen molar-refractivity contribution in [3.8, 4) is 11.4 Å². The van der Waals surface area contributed by atoms with Crippen molar-refractivity contribution in [2.75, 3.05) is 5.73 Å². The number of carbonyl (C=O) groups is 2. The lowest BCUT2D eigenvalue weighted by Gasteiger charge is -2.41. The van der Waals surface area contributed by atoms with Crippen LogP contribution in [0.25, 0.3) is 39.4 Å². The van der Waals surface area contributed by atoms with Crippen molar-refractivity contribution in [3.63, 3.8) is 0 Å². The summed E-state index contributed by atoms with van der Waals surface area (Å²) in [4.78, 5) is 34.4. The van der Waals surface area contributed by atoms with E-state index in [1.54, 1.807) is 12.1 Å². The molecule has 242 valence electrons. The van der Waals surface area contributed by atoms with Crippen LogP contribution < -0.4 is 11.1 Å². The number of fused-ring (bicyclic) bond motifs is 2. The van der Waals surface area contributed by atoms with Gasteiger partial charge in [-0.15, -0.1) is 0 Å². The molecule has 0 aliphatic heterocycles. The van der Waals surface area contributed by atoms with Crippen molar-refractivity contribution in [1.29, 1.82) is 0 Å². The fourth-order valence-electron chi connectivity index (χ4n) is 7.37. The van der Waals surface area contributed by atoms with E-state index in [1.807, 2.05) is 65.7 Å². The summed E-state index contributed by atoms with van der Waals surface area (Å²) in [6.45, 7) is 0. The van der Waals surface area contributed by atoms with E-state index in [9.17, 15) is 18.4 Å². The van der Waals surface area contributed by atoms with Gasteiger partial charge < -0.3 is 25.3 Å². The Morgan fingerprint density at radius 2 is 1.74 bits per heavy atom. The second-order valence-corrected chi connectivity index (χ2v) is 12.9. The highest BCUT2D eigenvalue weighted by Gasteiger charge is 2.44. The number of hydrogen-bond donors (Lipinski definition) is 3. The molecule has 11 heteroatoms. The maximum atomic E-state index is 14.2. The minimum Gasteiger partial charge on any atom is -0.478 e. The average Bonchev–Trinajstić information content (AvgIpc) is 3.51. The van der Waals surface area contributed by atoms with Gasteiger partial charge in [-0.2, -0.15) is 0 Å². The van der Waals surface area contributed by atoms with Crippen LogP contribution in [-0.2, 0) is 24.4 Å². The van der Waals surface area contributed by atoms with Gasteiger partial charge in [-0.05, 0) is 91.6 Å². The average molecular weight is 639 g/mol. The van der Waals surface area contributed by atoms with Crippen LogP contribution in [0.1, 0.15) is 78.2 Å². The predicted octanol–water partition coefficient (Wildman–Crippen LogP) is 6.91. The first-order chi connectivity index (χ1) is 22.4. The van der Waals surface area contributed by atoms with E-state index in [2.05, 4.69) is 10.3 Å². The number of imidazole rings is 1. The molecule has 2 aromatic carbocycles. The standard InChI is InChI=1S/C36H36F2N6O3/c1-43-27-20-23(9-10-24(27)31(22-13-17-36(37,38)18-14-22)32(43)26-5-3-6-29(39)40-26)33(47)42-35(15-4-16-35)34-41-25-11-7-21(8-12-30(45)46)19-28(25)44(34)2/h3,5-12,19-20,22H,4,13-18H2,1-2H3,(H2,39,40)(H,42,47)(H,45,46). The van der Waals surface area contributed by atoms with Gasteiger partial charge >= 0.3 is 5.97 Å². The van der Waals surface area contributed by atoms with Gasteiger partial charge in [0.25, 0.3) is 5.91 Å². The molecule has 0 unspecified atom stereocenters. The maximum Gasteiger partial charge on any atom is 0.328 e. The molecular weight excluding hydrogens is 602 g/mol. The molecule has 1 amide bonds. The minimum atomic E-state index is -2.65. The second kappa shape index (κ2) is 11.3. The van der Waals surface area contributed by atoms with Crippen molar-refractivity contribution >= 4 is 45.7 Å². The van der Waals surface area contributed by atoms with Gasteiger partial charge in [0.1, 0.15) is 11.6 Å². The summed E-state index contributed by atoms with van der Waals surface area (Å²) >= 11 is 0. The van der Waals surface area contributed by atoms with Crippen LogP contribution in [0, 0.1) is 0 Å². The number of aromatic nitrogens is 4. The summed E-state index contributed by atoms with van der Waals surface area (Å²) in [5.74, 6) is -2.86. The number of carbonyl (C=O) groups excluding carboxylic acids is 1. The summed E-state index contributed by atoms with van der Waals surface area (Å²) in [7, 11) is 3.82. The number of amides is 1. The lowest BCUT2D eigenvalue weighted by Crippen LogP contribution is -2.52. The van der Waals surface area contributed by atoms with Gasteiger partial charge in [0.05, 0.1) is 28.0 Å². The lowest BCUT2D eigenvalue weighted by molar-refractivity contribution is -0.131. The van der Waals surface area contributed by atoms with Crippen LogP contribution in [0.3, 0.4) is 0 Å². The Hall–Kier alpha value is -5.06. The molecule has 0 spiro atoms. The summed E-state index contributed by atoms with van der Waals surface area (Å²) in [6.07, 6.45) is 5.44. The third kappa shape index (κ3) is 5.43. The molecule has 2 aliphatic rings. The lowest BCUT2D eigenvalue weighted by atomic mass is 9.75. The number of aryl methyl sites for hydroxylation is 2. The largest absolute Gasteiger partial charge is 0.478 e. The third-order valence-electron chi connectivity index (χ3n) is 9.95. The number of nitrogens with zero attached hydrogens (tertiary/aromatic N) is 4. The summed E-state index contributed by atoms with van der Waals surface area (Å²) in [6, 6.07) is 16.6. The van der Waals surface area contributed by atoms with E-state index in [0.717, 1.165) is 69.9 Å². The first-order valence-electron chi connectivity index (χ1n) is 15.9. The van der Waals surface area contributed by atoms with Crippen LogP contribution in [0.4, 0.5) is 14.6 Å². The number of carboxylic acids is 1. The zero-order valence-corrected chi connectivity index (χ0v) is 26.3. The van der Waals surface area contributed by atoms with Gasteiger partial charge in [0.2, 0.25) is 5.92 Å². The van der Waals surface area contributed by atoms with Gasteiger partial charge in [-0.1, -0.05) is 18.2 Å². The molecule has 5 aromatic rings.